The molecule has 5 nitrogen and oxygen atoms in total. The average molecular weight is 239 g/mol. The highest BCUT2D eigenvalue weighted by atomic mass is 32.1. The third kappa shape index (κ3) is 1.60. The number of carbonyl (C=O) groups excluding carboxylic acids is 1. The summed E-state index contributed by atoms with van der Waals surface area (Å²) in [5, 5.41) is 1.22. The molecule has 16 heavy (non-hydrogen) atoms. The fraction of sp³-hybridized carbons (Fsp3) is 0.400. The Labute approximate surface area is 97.2 Å². The summed E-state index contributed by atoms with van der Waals surface area (Å²) in [6.07, 6.45) is 4.24. The van der Waals surface area contributed by atoms with Crippen LogP contribution in [0.1, 0.15) is 22.3 Å². The van der Waals surface area contributed by atoms with Gasteiger partial charge in [-0.05, 0) is 6.42 Å². The van der Waals surface area contributed by atoms with Crippen molar-refractivity contribution in [3.05, 3.63) is 23.1 Å². The third-order valence-electron chi connectivity index (χ3n) is 2.42. The lowest BCUT2D eigenvalue weighted by molar-refractivity contribution is -0.0761. The molecule has 2 heterocycles. The zero-order valence-corrected chi connectivity index (χ0v) is 10.2. The monoisotopic (exact) mass is 239 g/mol. The van der Waals surface area contributed by atoms with Crippen molar-refractivity contribution in [2.24, 2.45) is 0 Å². The van der Waals surface area contributed by atoms with E-state index in [2.05, 4.69) is 4.98 Å². The van der Waals surface area contributed by atoms with Crippen LogP contribution in [-0.2, 0) is 11.3 Å². The van der Waals surface area contributed by atoms with Crippen molar-refractivity contribution >= 4 is 22.1 Å². The fourth-order valence-corrected chi connectivity index (χ4v) is 2.56. The molecule has 0 bridgehead atoms. The molecule has 0 saturated heterocycles. The zero-order valence-electron chi connectivity index (χ0n) is 9.43. The fourth-order valence-electron chi connectivity index (χ4n) is 1.53. The smallest absolute Gasteiger partial charge is 0.285 e. The van der Waals surface area contributed by atoms with Gasteiger partial charge in [0.05, 0.1) is 13.3 Å². The van der Waals surface area contributed by atoms with E-state index in [4.69, 9.17) is 4.84 Å². The lowest BCUT2D eigenvalue weighted by Crippen LogP contribution is -2.27. The minimum atomic E-state index is -0.149. The Hall–Kier alpha value is -1.40. The molecule has 0 aromatic carbocycles. The van der Waals surface area contributed by atoms with Crippen LogP contribution in [0.25, 0.3) is 4.83 Å². The first-order valence-corrected chi connectivity index (χ1v) is 5.76. The van der Waals surface area contributed by atoms with E-state index in [0.717, 1.165) is 16.1 Å². The Morgan fingerprint density at radius 2 is 2.44 bits per heavy atom. The molecule has 0 aliphatic heterocycles. The summed E-state index contributed by atoms with van der Waals surface area (Å²) in [5.74, 6) is -0.149. The second kappa shape index (κ2) is 4.23. The molecule has 0 unspecified atom stereocenters. The largest absolute Gasteiger partial charge is 0.295 e. The molecule has 2 rings (SSSR count). The third-order valence-corrected chi connectivity index (χ3v) is 3.66. The number of fused-ring (bicyclic) bond motifs is 1. The Balaban J connectivity index is 2.55. The Kier molecular flexibility index (Phi) is 2.93. The molecular formula is C10H13N3O2S. The Morgan fingerprint density at radius 1 is 1.69 bits per heavy atom. The molecule has 0 radical (unpaired) electrons. The summed E-state index contributed by atoms with van der Waals surface area (Å²) in [7, 11) is 3.07. The van der Waals surface area contributed by atoms with E-state index in [-0.39, 0.29) is 5.91 Å². The van der Waals surface area contributed by atoms with Crippen molar-refractivity contribution in [3.8, 4) is 0 Å². The molecule has 0 atom stereocenters. The highest BCUT2D eigenvalue weighted by molar-refractivity contribution is 7.17. The summed E-state index contributed by atoms with van der Waals surface area (Å²) < 4.78 is 1.81. The number of nitrogens with zero attached hydrogens (tertiary/aromatic N) is 3. The number of carbonyl (C=O) groups is 1. The van der Waals surface area contributed by atoms with Crippen LogP contribution in [0.4, 0.5) is 0 Å². The Bertz CT molecular complexity index is 517. The zero-order chi connectivity index (χ0) is 11.7. The maximum Gasteiger partial charge on any atom is 0.295 e. The number of amides is 1. The van der Waals surface area contributed by atoms with Gasteiger partial charge in [0.1, 0.15) is 16.9 Å². The number of aryl methyl sites for hydroxylation is 1. The first kappa shape index (κ1) is 11.1. The number of hydrogen-bond donors (Lipinski definition) is 0. The van der Waals surface area contributed by atoms with Crippen LogP contribution in [-0.4, -0.2) is 34.5 Å². The standard InChI is InChI=1S/C10H13N3O2S/c1-4-7-9(10(14)12(2)15-3)13-6-11-5-8(13)16-7/h5-6H,4H2,1-3H3. The van der Waals surface area contributed by atoms with E-state index in [9.17, 15) is 4.79 Å². The topological polar surface area (TPSA) is 46.8 Å². The van der Waals surface area contributed by atoms with Crippen molar-refractivity contribution in [2.45, 2.75) is 13.3 Å². The SMILES string of the molecule is CCc1sc2cncn2c1C(=O)N(C)OC. The van der Waals surface area contributed by atoms with Gasteiger partial charge in [-0.25, -0.2) is 10.0 Å². The molecule has 0 N–H and O–H groups in total. The first-order valence-electron chi connectivity index (χ1n) is 4.95. The number of hydrogen-bond acceptors (Lipinski definition) is 4. The van der Waals surface area contributed by atoms with Crippen molar-refractivity contribution in [2.75, 3.05) is 14.2 Å². The molecule has 2 aromatic heterocycles. The van der Waals surface area contributed by atoms with E-state index in [1.807, 2.05) is 6.92 Å². The van der Waals surface area contributed by atoms with Gasteiger partial charge in [0.2, 0.25) is 0 Å². The average Bonchev–Trinajstić information content (AvgIpc) is 2.85. The van der Waals surface area contributed by atoms with Crippen LogP contribution in [0.15, 0.2) is 12.5 Å². The lowest BCUT2D eigenvalue weighted by atomic mass is 10.3. The molecule has 2 aromatic rings. The molecule has 0 fully saturated rings. The van der Waals surface area contributed by atoms with Crippen molar-refractivity contribution in [1.29, 1.82) is 0 Å². The molecule has 86 valence electrons. The normalized spacial score (nSPS) is 10.9. The van der Waals surface area contributed by atoms with E-state index in [1.165, 1.54) is 12.2 Å². The second-order valence-electron chi connectivity index (χ2n) is 3.31. The molecule has 1 amide bonds. The summed E-state index contributed by atoms with van der Waals surface area (Å²) in [4.78, 5) is 23.1. The number of imidazole rings is 1. The number of aromatic nitrogens is 2. The van der Waals surface area contributed by atoms with Crippen LogP contribution in [0.2, 0.25) is 0 Å². The minimum absolute atomic E-state index is 0.149. The quantitative estimate of drug-likeness (QED) is 0.764. The minimum Gasteiger partial charge on any atom is -0.285 e. The van der Waals surface area contributed by atoms with Crippen molar-refractivity contribution in [3.63, 3.8) is 0 Å². The van der Waals surface area contributed by atoms with Crippen LogP contribution < -0.4 is 0 Å². The van der Waals surface area contributed by atoms with Gasteiger partial charge in [0, 0.05) is 11.9 Å². The molecular weight excluding hydrogens is 226 g/mol. The van der Waals surface area contributed by atoms with Gasteiger partial charge in [-0.3, -0.25) is 14.0 Å². The summed E-state index contributed by atoms with van der Waals surface area (Å²) in [6.45, 7) is 2.03. The van der Waals surface area contributed by atoms with Gasteiger partial charge in [-0.15, -0.1) is 11.3 Å². The predicted molar refractivity (Wildman–Crippen MR) is 61.5 cm³/mol. The highest BCUT2D eigenvalue weighted by Gasteiger charge is 2.21. The van der Waals surface area contributed by atoms with Crippen LogP contribution in [0.5, 0.6) is 0 Å². The van der Waals surface area contributed by atoms with Gasteiger partial charge in [-0.2, -0.15) is 0 Å². The van der Waals surface area contributed by atoms with Gasteiger partial charge in [0.25, 0.3) is 5.91 Å². The van der Waals surface area contributed by atoms with Gasteiger partial charge in [0.15, 0.2) is 0 Å². The van der Waals surface area contributed by atoms with Gasteiger partial charge in [-0.1, -0.05) is 6.92 Å². The van der Waals surface area contributed by atoms with E-state index >= 15 is 0 Å². The number of thiazole rings is 1. The lowest BCUT2D eigenvalue weighted by Gasteiger charge is -2.13. The predicted octanol–water partition coefficient (Wildman–Crippen LogP) is 1.59. The van der Waals surface area contributed by atoms with Crippen molar-refractivity contribution < 1.29 is 9.63 Å². The highest BCUT2D eigenvalue weighted by Crippen LogP contribution is 2.24. The first-order chi connectivity index (χ1) is 7.69. The van der Waals surface area contributed by atoms with Gasteiger partial charge >= 0.3 is 0 Å². The maximum absolute atomic E-state index is 12.1. The van der Waals surface area contributed by atoms with Crippen LogP contribution in [0.3, 0.4) is 0 Å². The molecule has 6 heteroatoms. The molecule has 0 spiro atoms. The van der Waals surface area contributed by atoms with Crippen molar-refractivity contribution in [1.82, 2.24) is 14.4 Å². The summed E-state index contributed by atoms with van der Waals surface area (Å²) >= 11 is 1.58. The molecule has 0 aliphatic carbocycles. The van der Waals surface area contributed by atoms with Crippen LogP contribution in [0, 0.1) is 0 Å². The summed E-state index contributed by atoms with van der Waals surface area (Å²) in [5.41, 5.74) is 0.643. The maximum atomic E-state index is 12.1. The molecule has 0 aliphatic rings. The summed E-state index contributed by atoms with van der Waals surface area (Å²) in [6, 6.07) is 0. The van der Waals surface area contributed by atoms with Crippen LogP contribution >= 0.6 is 11.3 Å². The molecule has 0 saturated carbocycles. The van der Waals surface area contributed by atoms with E-state index < -0.39 is 0 Å². The van der Waals surface area contributed by atoms with E-state index in [0.29, 0.717) is 5.69 Å². The Morgan fingerprint density at radius 3 is 3.06 bits per heavy atom. The number of hydroxylamine groups is 2. The van der Waals surface area contributed by atoms with E-state index in [1.54, 1.807) is 35.3 Å². The van der Waals surface area contributed by atoms with Gasteiger partial charge < -0.3 is 0 Å². The number of rotatable bonds is 3. The second-order valence-corrected chi connectivity index (χ2v) is 4.43.